The molecular formula is C12H11BrN2O2S. The maximum Gasteiger partial charge on any atom is 0.290 e. The van der Waals surface area contributed by atoms with Crippen molar-refractivity contribution < 1.29 is 9.59 Å². The number of imide groups is 1. The molecule has 0 spiro atoms. The van der Waals surface area contributed by atoms with Crippen molar-refractivity contribution in [3.8, 4) is 0 Å². The van der Waals surface area contributed by atoms with Crippen LogP contribution in [-0.2, 0) is 4.79 Å². The normalized spacial score (nSPS) is 17.2. The Kier molecular flexibility index (Phi) is 3.77. The summed E-state index contributed by atoms with van der Waals surface area (Å²) in [6, 6.07) is 5.78. The number of rotatable bonds is 2. The van der Waals surface area contributed by atoms with Gasteiger partial charge in [-0.15, -0.1) is 0 Å². The molecule has 1 saturated heterocycles. The standard InChI is InChI=1S/C12H11BrN2O2S/c1-15(2)9-4-3-7(5-8(9)13)6-10-11(16)14-12(17)18-10/h3-6H,1-2H3,(H,14,16,17)/b10-6+. The number of amides is 2. The van der Waals surface area contributed by atoms with Gasteiger partial charge in [-0.3, -0.25) is 14.9 Å². The number of nitrogens with one attached hydrogen (secondary N) is 1. The van der Waals surface area contributed by atoms with Crippen molar-refractivity contribution in [2.75, 3.05) is 19.0 Å². The Morgan fingerprint density at radius 2 is 2.06 bits per heavy atom. The molecule has 18 heavy (non-hydrogen) atoms. The van der Waals surface area contributed by atoms with Gasteiger partial charge < -0.3 is 4.90 Å². The second kappa shape index (κ2) is 5.16. The Hall–Kier alpha value is -1.27. The number of carbonyl (C=O) groups excluding carboxylic acids is 2. The molecule has 0 atom stereocenters. The van der Waals surface area contributed by atoms with Crippen LogP contribution < -0.4 is 10.2 Å². The van der Waals surface area contributed by atoms with Gasteiger partial charge >= 0.3 is 0 Å². The van der Waals surface area contributed by atoms with Gasteiger partial charge in [0.15, 0.2) is 0 Å². The SMILES string of the molecule is CN(C)c1ccc(/C=C2/SC(=O)NC2=O)cc1Br. The van der Waals surface area contributed by atoms with Gasteiger partial charge in [0, 0.05) is 18.6 Å². The molecule has 6 heteroatoms. The molecule has 0 saturated carbocycles. The first-order valence-electron chi connectivity index (χ1n) is 5.19. The maximum absolute atomic E-state index is 11.4. The molecule has 0 aromatic heterocycles. The number of hydrogen-bond acceptors (Lipinski definition) is 4. The Morgan fingerprint density at radius 1 is 1.33 bits per heavy atom. The van der Waals surface area contributed by atoms with Crippen molar-refractivity contribution in [3.05, 3.63) is 33.1 Å². The monoisotopic (exact) mass is 326 g/mol. The van der Waals surface area contributed by atoms with Crippen molar-refractivity contribution in [2.24, 2.45) is 0 Å². The predicted molar refractivity (Wildman–Crippen MR) is 77.6 cm³/mol. The number of benzene rings is 1. The summed E-state index contributed by atoms with van der Waals surface area (Å²) < 4.78 is 0.941. The van der Waals surface area contributed by atoms with E-state index in [0.717, 1.165) is 27.5 Å². The highest BCUT2D eigenvalue weighted by Gasteiger charge is 2.24. The summed E-state index contributed by atoms with van der Waals surface area (Å²) in [4.78, 5) is 24.9. The molecule has 2 rings (SSSR count). The third-order valence-electron chi connectivity index (χ3n) is 2.39. The van der Waals surface area contributed by atoms with E-state index in [0.29, 0.717) is 4.91 Å². The number of carbonyl (C=O) groups is 2. The van der Waals surface area contributed by atoms with E-state index in [2.05, 4.69) is 21.2 Å². The van der Waals surface area contributed by atoms with Crippen molar-refractivity contribution in [1.82, 2.24) is 5.32 Å². The molecule has 1 aliphatic heterocycles. The molecule has 0 radical (unpaired) electrons. The summed E-state index contributed by atoms with van der Waals surface area (Å²) in [5, 5.41) is 1.90. The molecule has 0 unspecified atom stereocenters. The van der Waals surface area contributed by atoms with Crippen molar-refractivity contribution in [3.63, 3.8) is 0 Å². The molecule has 0 bridgehead atoms. The molecule has 1 aromatic carbocycles. The molecule has 4 nitrogen and oxygen atoms in total. The van der Waals surface area contributed by atoms with Crippen LogP contribution >= 0.6 is 27.7 Å². The van der Waals surface area contributed by atoms with Gasteiger partial charge in [-0.2, -0.15) is 0 Å². The lowest BCUT2D eigenvalue weighted by atomic mass is 10.2. The number of hydrogen-bond donors (Lipinski definition) is 1. The Morgan fingerprint density at radius 3 is 2.56 bits per heavy atom. The van der Waals surface area contributed by atoms with Crippen LogP contribution in [0.1, 0.15) is 5.56 Å². The number of anilines is 1. The van der Waals surface area contributed by atoms with Crippen LogP contribution in [-0.4, -0.2) is 25.2 Å². The number of halogens is 1. The highest BCUT2D eigenvalue weighted by molar-refractivity contribution is 9.10. The van der Waals surface area contributed by atoms with Crippen LogP contribution in [0.3, 0.4) is 0 Å². The van der Waals surface area contributed by atoms with Crippen LogP contribution in [0.4, 0.5) is 10.5 Å². The molecule has 0 aliphatic carbocycles. The average Bonchev–Trinajstić information content (AvgIpc) is 2.57. The lowest BCUT2D eigenvalue weighted by molar-refractivity contribution is -0.115. The van der Waals surface area contributed by atoms with Gasteiger partial charge in [-0.25, -0.2) is 0 Å². The van der Waals surface area contributed by atoms with Gasteiger partial charge in [-0.1, -0.05) is 6.07 Å². The van der Waals surface area contributed by atoms with E-state index in [1.165, 1.54) is 0 Å². The Bertz CT molecular complexity index is 555. The first-order chi connectivity index (χ1) is 8.47. The highest BCUT2D eigenvalue weighted by Crippen LogP contribution is 2.29. The number of nitrogens with zero attached hydrogens (tertiary/aromatic N) is 1. The smallest absolute Gasteiger partial charge is 0.290 e. The van der Waals surface area contributed by atoms with Crippen LogP contribution in [0.5, 0.6) is 0 Å². The summed E-state index contributed by atoms with van der Waals surface area (Å²) in [5.74, 6) is -0.335. The van der Waals surface area contributed by atoms with Crippen LogP contribution in [0.15, 0.2) is 27.6 Å². The van der Waals surface area contributed by atoms with Crippen molar-refractivity contribution in [2.45, 2.75) is 0 Å². The van der Waals surface area contributed by atoms with E-state index in [1.54, 1.807) is 6.08 Å². The summed E-state index contributed by atoms with van der Waals surface area (Å²) in [5.41, 5.74) is 1.93. The lowest BCUT2D eigenvalue weighted by Gasteiger charge is -2.14. The van der Waals surface area contributed by atoms with Gasteiger partial charge in [-0.05, 0) is 51.5 Å². The van der Waals surface area contributed by atoms with Crippen molar-refractivity contribution in [1.29, 1.82) is 0 Å². The molecule has 1 aromatic rings. The minimum Gasteiger partial charge on any atom is -0.377 e. The summed E-state index contributed by atoms with van der Waals surface area (Å²) >= 11 is 4.40. The fourth-order valence-electron chi connectivity index (χ4n) is 1.55. The molecule has 1 fully saturated rings. The Labute approximate surface area is 118 Å². The zero-order chi connectivity index (χ0) is 13.3. The summed E-state index contributed by atoms with van der Waals surface area (Å²) in [7, 11) is 3.91. The minimum atomic E-state index is -0.335. The maximum atomic E-state index is 11.4. The molecule has 1 N–H and O–H groups in total. The fourth-order valence-corrected chi connectivity index (χ4v) is 2.98. The zero-order valence-corrected chi connectivity index (χ0v) is 12.3. The second-order valence-corrected chi connectivity index (χ2v) is 5.83. The van der Waals surface area contributed by atoms with E-state index in [1.807, 2.05) is 37.2 Å². The van der Waals surface area contributed by atoms with E-state index in [9.17, 15) is 9.59 Å². The molecule has 2 amide bonds. The quantitative estimate of drug-likeness (QED) is 0.849. The van der Waals surface area contributed by atoms with Crippen LogP contribution in [0.25, 0.3) is 6.08 Å². The highest BCUT2D eigenvalue weighted by atomic mass is 79.9. The average molecular weight is 327 g/mol. The van der Waals surface area contributed by atoms with Gasteiger partial charge in [0.25, 0.3) is 11.1 Å². The topological polar surface area (TPSA) is 49.4 Å². The molecule has 1 aliphatic rings. The number of thioether (sulfide) groups is 1. The van der Waals surface area contributed by atoms with E-state index >= 15 is 0 Å². The molecule has 94 valence electrons. The van der Waals surface area contributed by atoms with Gasteiger partial charge in [0.2, 0.25) is 0 Å². The lowest BCUT2D eigenvalue weighted by Crippen LogP contribution is -2.17. The first kappa shape index (κ1) is 13.2. The fraction of sp³-hybridized carbons (Fsp3) is 0.167. The largest absolute Gasteiger partial charge is 0.377 e. The van der Waals surface area contributed by atoms with E-state index in [4.69, 9.17) is 0 Å². The van der Waals surface area contributed by atoms with E-state index in [-0.39, 0.29) is 11.1 Å². The first-order valence-corrected chi connectivity index (χ1v) is 6.80. The third kappa shape index (κ3) is 2.76. The summed E-state index contributed by atoms with van der Waals surface area (Å²) in [6.07, 6.45) is 1.70. The second-order valence-electron chi connectivity index (χ2n) is 3.96. The molecular weight excluding hydrogens is 316 g/mol. The van der Waals surface area contributed by atoms with Crippen LogP contribution in [0, 0.1) is 0 Å². The Balaban J connectivity index is 2.31. The van der Waals surface area contributed by atoms with Gasteiger partial charge in [0.05, 0.1) is 10.6 Å². The van der Waals surface area contributed by atoms with E-state index < -0.39 is 0 Å². The zero-order valence-electron chi connectivity index (χ0n) is 9.86. The predicted octanol–water partition coefficient (Wildman–Crippen LogP) is 2.84. The van der Waals surface area contributed by atoms with Crippen LogP contribution in [0.2, 0.25) is 0 Å². The van der Waals surface area contributed by atoms with Crippen molar-refractivity contribution >= 4 is 50.6 Å². The van der Waals surface area contributed by atoms with Gasteiger partial charge in [0.1, 0.15) is 0 Å². The minimum absolute atomic E-state index is 0.324. The molecule has 1 heterocycles. The summed E-state index contributed by atoms with van der Waals surface area (Å²) in [6.45, 7) is 0. The third-order valence-corrected chi connectivity index (χ3v) is 3.84.